The minimum absolute atomic E-state index is 0.0539. The van der Waals surface area contributed by atoms with Crippen LogP contribution in [0.2, 0.25) is 0 Å². The molecule has 0 spiro atoms. The molecular weight excluding hydrogens is 589 g/mol. The van der Waals surface area contributed by atoms with Crippen LogP contribution in [0.15, 0.2) is 83.4 Å². The van der Waals surface area contributed by atoms with Gasteiger partial charge in [-0.2, -0.15) is 28.5 Å². The molecule has 0 N–H and O–H groups in total. The monoisotopic (exact) mass is 616 g/mol. The molecule has 2 amide bonds. The highest BCUT2D eigenvalue weighted by Gasteiger charge is 2.31. The number of carbonyl (C=O) groups is 2. The largest absolute Gasteiger partial charge is 0.416 e. The second-order valence-electron chi connectivity index (χ2n) is 10.1. The summed E-state index contributed by atoms with van der Waals surface area (Å²) in [6, 6.07) is 18.9. The smallest absolute Gasteiger partial charge is 0.339 e. The zero-order valence-electron chi connectivity index (χ0n) is 23.4. The van der Waals surface area contributed by atoms with Gasteiger partial charge in [-0.25, -0.2) is 9.97 Å². The Hall–Kier alpha value is -4.89. The fraction of sp³-hybridized carbons (Fsp3) is 0.250. The number of hydrogen-bond acceptors (Lipinski definition) is 7. The predicted octanol–water partition coefficient (Wildman–Crippen LogP) is 7.18. The molecular formula is C32H27F3N6O2S. The van der Waals surface area contributed by atoms with Gasteiger partial charge in [0.1, 0.15) is 5.69 Å². The quantitative estimate of drug-likeness (QED) is 0.119. The van der Waals surface area contributed by atoms with Gasteiger partial charge in [0.25, 0.3) is 11.8 Å². The maximum atomic E-state index is 13.5. The fourth-order valence-corrected chi connectivity index (χ4v) is 5.87. The Kier molecular flexibility index (Phi) is 9.45. The van der Waals surface area contributed by atoms with Gasteiger partial charge in [-0.05, 0) is 60.7 Å². The first-order valence-corrected chi connectivity index (χ1v) is 14.8. The van der Waals surface area contributed by atoms with Crippen LogP contribution in [0.25, 0.3) is 11.1 Å². The minimum atomic E-state index is -4.44. The van der Waals surface area contributed by atoms with Gasteiger partial charge in [0.2, 0.25) is 0 Å². The molecule has 2 aromatic carbocycles. The summed E-state index contributed by atoms with van der Waals surface area (Å²) in [5.74, 6) is -0.233. The van der Waals surface area contributed by atoms with Crippen LogP contribution in [0, 0.1) is 11.3 Å². The summed E-state index contributed by atoms with van der Waals surface area (Å²) in [4.78, 5) is 37.5. The number of carbonyl (C=O) groups excluding carboxylic acids is 2. The van der Waals surface area contributed by atoms with E-state index in [1.54, 1.807) is 58.9 Å². The van der Waals surface area contributed by atoms with Crippen LogP contribution in [0.3, 0.4) is 0 Å². The number of hydrazone groups is 1. The number of anilines is 1. The van der Waals surface area contributed by atoms with Crippen molar-refractivity contribution in [1.29, 1.82) is 5.26 Å². The number of pyridine rings is 1. The van der Waals surface area contributed by atoms with Crippen molar-refractivity contribution in [3.05, 3.63) is 100 Å². The van der Waals surface area contributed by atoms with Crippen molar-refractivity contribution in [1.82, 2.24) is 14.9 Å². The number of aromatic nitrogens is 2. The van der Waals surface area contributed by atoms with Gasteiger partial charge in [-0.1, -0.05) is 36.4 Å². The maximum Gasteiger partial charge on any atom is 0.416 e. The molecule has 4 aromatic rings. The van der Waals surface area contributed by atoms with Crippen LogP contribution < -0.4 is 5.01 Å². The molecule has 5 rings (SSSR count). The predicted molar refractivity (Wildman–Crippen MR) is 161 cm³/mol. The Labute approximate surface area is 256 Å². The first-order valence-electron chi connectivity index (χ1n) is 13.9. The molecule has 224 valence electrons. The summed E-state index contributed by atoms with van der Waals surface area (Å²) in [6.07, 6.45) is 0.583. The molecule has 8 nitrogen and oxygen atoms in total. The van der Waals surface area contributed by atoms with Crippen LogP contribution in [0.4, 0.5) is 19.0 Å². The highest BCUT2D eigenvalue weighted by molar-refractivity contribution is 7.10. The van der Waals surface area contributed by atoms with Gasteiger partial charge < -0.3 is 4.90 Å². The lowest BCUT2D eigenvalue weighted by Gasteiger charge is -2.31. The van der Waals surface area contributed by atoms with Crippen molar-refractivity contribution in [2.45, 2.75) is 37.8 Å². The SMILES string of the molecule is N#CCC/C=N/N(C(=O)c1csc(C2CCN(C(=O)c3ccccc3-c3ccc(C(F)(F)F)cc3)CC2)n1)c1ccccn1. The van der Waals surface area contributed by atoms with E-state index in [0.717, 1.165) is 17.1 Å². The number of amides is 2. The van der Waals surface area contributed by atoms with E-state index in [9.17, 15) is 22.8 Å². The van der Waals surface area contributed by atoms with Crippen molar-refractivity contribution in [3.8, 4) is 17.2 Å². The standard InChI is InChI=1S/C32H27F3N6O2S/c33-32(34,35)24-12-10-22(11-13-24)25-7-1-2-8-26(25)30(42)40-19-14-23(15-20-40)29-39-27(21-44-29)31(43)41(38-18-6-4-16-36)28-9-3-5-17-37-28/h1-3,5,7-13,17-18,21,23H,4,6,14-15,19-20H2/b38-18+. The number of rotatable bonds is 8. The first kappa shape index (κ1) is 30.6. The fourth-order valence-electron chi connectivity index (χ4n) is 4.90. The van der Waals surface area contributed by atoms with Gasteiger partial charge in [-0.15, -0.1) is 11.3 Å². The van der Waals surface area contributed by atoms with E-state index in [1.807, 2.05) is 6.07 Å². The molecule has 0 radical (unpaired) electrons. The lowest BCUT2D eigenvalue weighted by molar-refractivity contribution is -0.137. The van der Waals surface area contributed by atoms with Crippen LogP contribution >= 0.6 is 11.3 Å². The molecule has 0 bridgehead atoms. The molecule has 1 aliphatic heterocycles. The Morgan fingerprint density at radius 1 is 1.07 bits per heavy atom. The summed E-state index contributed by atoms with van der Waals surface area (Å²) in [6.45, 7) is 0.938. The summed E-state index contributed by atoms with van der Waals surface area (Å²) < 4.78 is 39.1. The van der Waals surface area contributed by atoms with Crippen molar-refractivity contribution in [2.24, 2.45) is 5.10 Å². The lowest BCUT2D eigenvalue weighted by Crippen LogP contribution is -2.38. The van der Waals surface area contributed by atoms with E-state index in [4.69, 9.17) is 5.26 Å². The Morgan fingerprint density at radius 2 is 1.80 bits per heavy atom. The average molecular weight is 617 g/mol. The first-order chi connectivity index (χ1) is 21.3. The Morgan fingerprint density at radius 3 is 2.48 bits per heavy atom. The molecule has 0 saturated carbocycles. The average Bonchev–Trinajstić information content (AvgIpc) is 3.55. The minimum Gasteiger partial charge on any atom is -0.339 e. The third kappa shape index (κ3) is 7.01. The number of benzene rings is 2. The van der Waals surface area contributed by atoms with Crippen LogP contribution in [-0.4, -0.2) is 46.0 Å². The van der Waals surface area contributed by atoms with E-state index < -0.39 is 17.6 Å². The highest BCUT2D eigenvalue weighted by Crippen LogP contribution is 2.34. The number of nitrogens with zero attached hydrogens (tertiary/aromatic N) is 6. The molecule has 0 unspecified atom stereocenters. The molecule has 12 heteroatoms. The Bertz CT molecular complexity index is 1670. The van der Waals surface area contributed by atoms with Gasteiger partial charge in [-0.3, -0.25) is 9.59 Å². The second-order valence-corrected chi connectivity index (χ2v) is 10.9. The molecule has 44 heavy (non-hydrogen) atoms. The normalized spacial score (nSPS) is 14.0. The van der Waals surface area contributed by atoms with Gasteiger partial charge in [0.05, 0.1) is 16.6 Å². The summed E-state index contributed by atoms with van der Waals surface area (Å²) >= 11 is 1.38. The zero-order valence-corrected chi connectivity index (χ0v) is 24.3. The topological polar surface area (TPSA) is 103 Å². The van der Waals surface area contributed by atoms with Crippen LogP contribution in [0.5, 0.6) is 0 Å². The number of unbranched alkanes of at least 4 members (excludes halogenated alkanes) is 1. The van der Waals surface area contributed by atoms with Crippen LogP contribution in [-0.2, 0) is 6.18 Å². The van der Waals surface area contributed by atoms with Crippen molar-refractivity contribution >= 4 is 35.2 Å². The molecule has 0 atom stereocenters. The maximum absolute atomic E-state index is 13.5. The van der Waals surface area contributed by atoms with E-state index in [-0.39, 0.29) is 23.9 Å². The van der Waals surface area contributed by atoms with E-state index in [0.29, 0.717) is 54.9 Å². The number of nitriles is 1. The van der Waals surface area contributed by atoms with Crippen LogP contribution in [0.1, 0.15) is 63.0 Å². The third-order valence-electron chi connectivity index (χ3n) is 7.19. The van der Waals surface area contributed by atoms with Gasteiger partial charge in [0.15, 0.2) is 5.82 Å². The van der Waals surface area contributed by atoms with E-state index >= 15 is 0 Å². The summed E-state index contributed by atoms with van der Waals surface area (Å²) in [5, 5.41) is 16.7. The van der Waals surface area contributed by atoms with Crippen molar-refractivity contribution < 1.29 is 22.8 Å². The molecule has 1 saturated heterocycles. The second kappa shape index (κ2) is 13.6. The summed E-state index contributed by atoms with van der Waals surface area (Å²) in [5.41, 5.74) is 1.02. The number of halogens is 3. The number of piperidine rings is 1. The lowest BCUT2D eigenvalue weighted by atomic mass is 9.94. The van der Waals surface area contributed by atoms with Gasteiger partial charge in [0, 0.05) is 48.8 Å². The molecule has 1 aliphatic rings. The molecule has 1 fully saturated rings. The Balaban J connectivity index is 1.26. The number of thiazole rings is 1. The van der Waals surface area contributed by atoms with Gasteiger partial charge >= 0.3 is 6.18 Å². The highest BCUT2D eigenvalue weighted by atomic mass is 32.1. The molecule has 3 heterocycles. The summed E-state index contributed by atoms with van der Waals surface area (Å²) in [7, 11) is 0. The zero-order chi connectivity index (χ0) is 31.1. The number of likely N-dealkylation sites (tertiary alicyclic amines) is 1. The number of alkyl halides is 3. The van der Waals surface area contributed by atoms with Crippen molar-refractivity contribution in [3.63, 3.8) is 0 Å². The van der Waals surface area contributed by atoms with Crippen molar-refractivity contribution in [2.75, 3.05) is 18.1 Å². The molecule has 2 aromatic heterocycles. The number of hydrogen-bond donors (Lipinski definition) is 0. The van der Waals surface area contributed by atoms with E-state index in [2.05, 4.69) is 15.1 Å². The molecule has 0 aliphatic carbocycles. The van der Waals surface area contributed by atoms with E-state index in [1.165, 1.54) is 34.7 Å². The third-order valence-corrected chi connectivity index (χ3v) is 8.20.